The van der Waals surface area contributed by atoms with Crippen LogP contribution in [0.15, 0.2) is 10.9 Å². The second-order valence-electron chi connectivity index (χ2n) is 4.32. The Balaban J connectivity index is 1.61. The SMILES string of the molecule is Cc1noc(C)c1CCC(=O)Nc1nn2cnnc2s1. The van der Waals surface area contributed by atoms with E-state index in [0.717, 1.165) is 17.0 Å². The summed E-state index contributed by atoms with van der Waals surface area (Å²) in [6.07, 6.45) is 2.44. The van der Waals surface area contributed by atoms with Crippen LogP contribution >= 0.6 is 11.3 Å². The van der Waals surface area contributed by atoms with Gasteiger partial charge in [0.1, 0.15) is 12.1 Å². The number of nitrogens with one attached hydrogen (secondary N) is 1. The van der Waals surface area contributed by atoms with Gasteiger partial charge in [0, 0.05) is 12.0 Å². The first-order valence-corrected chi connectivity index (χ1v) is 6.83. The van der Waals surface area contributed by atoms with Crippen molar-refractivity contribution in [3.05, 3.63) is 23.3 Å². The number of aryl methyl sites for hydroxylation is 2. The minimum absolute atomic E-state index is 0.102. The third kappa shape index (κ3) is 2.39. The van der Waals surface area contributed by atoms with Crippen molar-refractivity contribution in [1.29, 1.82) is 0 Å². The summed E-state index contributed by atoms with van der Waals surface area (Å²) in [6, 6.07) is 0. The molecule has 0 fully saturated rings. The number of fused-ring (bicyclic) bond motifs is 1. The summed E-state index contributed by atoms with van der Waals surface area (Å²) >= 11 is 1.28. The lowest BCUT2D eigenvalue weighted by molar-refractivity contribution is -0.116. The van der Waals surface area contributed by atoms with Crippen LogP contribution in [-0.2, 0) is 11.2 Å². The van der Waals surface area contributed by atoms with Gasteiger partial charge in [0.15, 0.2) is 0 Å². The number of aromatic nitrogens is 5. The summed E-state index contributed by atoms with van der Waals surface area (Å²) in [5, 5.41) is 18.8. The van der Waals surface area contributed by atoms with Crippen molar-refractivity contribution in [2.75, 3.05) is 5.32 Å². The summed E-state index contributed by atoms with van der Waals surface area (Å²) in [6.45, 7) is 3.71. The van der Waals surface area contributed by atoms with Gasteiger partial charge < -0.3 is 9.84 Å². The Hall–Kier alpha value is -2.29. The molecular weight excluding hydrogens is 280 g/mol. The molecule has 3 aromatic rings. The Kier molecular flexibility index (Phi) is 3.18. The zero-order chi connectivity index (χ0) is 14.1. The highest BCUT2D eigenvalue weighted by molar-refractivity contribution is 7.20. The Labute approximate surface area is 117 Å². The van der Waals surface area contributed by atoms with E-state index in [0.29, 0.717) is 22.9 Å². The van der Waals surface area contributed by atoms with Crippen LogP contribution in [0.1, 0.15) is 23.4 Å². The lowest BCUT2D eigenvalue weighted by Gasteiger charge is -2.01. The number of nitrogens with zero attached hydrogens (tertiary/aromatic N) is 5. The van der Waals surface area contributed by atoms with E-state index in [1.807, 2.05) is 13.8 Å². The molecule has 0 aliphatic carbocycles. The van der Waals surface area contributed by atoms with Gasteiger partial charge >= 0.3 is 0 Å². The van der Waals surface area contributed by atoms with E-state index in [2.05, 4.69) is 25.8 Å². The van der Waals surface area contributed by atoms with Gasteiger partial charge in [-0.25, -0.2) is 0 Å². The number of carbonyl (C=O) groups excluding carboxylic acids is 1. The topological polar surface area (TPSA) is 98.2 Å². The molecule has 104 valence electrons. The van der Waals surface area contributed by atoms with Crippen molar-refractivity contribution in [2.24, 2.45) is 0 Å². The first-order valence-electron chi connectivity index (χ1n) is 6.02. The fourth-order valence-corrected chi connectivity index (χ4v) is 2.63. The molecule has 0 aliphatic rings. The van der Waals surface area contributed by atoms with Gasteiger partial charge in [-0.2, -0.15) is 4.52 Å². The van der Waals surface area contributed by atoms with Gasteiger partial charge in [0.05, 0.1) is 5.69 Å². The zero-order valence-corrected chi connectivity index (χ0v) is 11.8. The molecule has 0 bridgehead atoms. The van der Waals surface area contributed by atoms with Gasteiger partial charge in [-0.3, -0.25) is 4.79 Å². The molecule has 0 spiro atoms. The average Bonchev–Trinajstić information content (AvgIpc) is 3.04. The van der Waals surface area contributed by atoms with Gasteiger partial charge in [0.2, 0.25) is 16.0 Å². The summed E-state index contributed by atoms with van der Waals surface area (Å²) in [7, 11) is 0. The number of anilines is 1. The zero-order valence-electron chi connectivity index (χ0n) is 11.0. The molecule has 0 aliphatic heterocycles. The minimum atomic E-state index is -0.102. The molecule has 0 radical (unpaired) electrons. The molecular formula is C11H12N6O2S. The number of carbonyl (C=O) groups is 1. The summed E-state index contributed by atoms with van der Waals surface area (Å²) in [5.74, 6) is 0.657. The maximum Gasteiger partial charge on any atom is 0.236 e. The Morgan fingerprint density at radius 1 is 1.50 bits per heavy atom. The third-order valence-electron chi connectivity index (χ3n) is 2.92. The van der Waals surface area contributed by atoms with Crippen molar-refractivity contribution in [3.63, 3.8) is 0 Å². The van der Waals surface area contributed by atoms with Crippen LogP contribution in [0, 0.1) is 13.8 Å². The first kappa shape index (κ1) is 12.7. The number of rotatable bonds is 4. The van der Waals surface area contributed by atoms with E-state index in [4.69, 9.17) is 4.52 Å². The predicted octanol–water partition coefficient (Wildman–Crippen LogP) is 1.36. The normalized spacial score (nSPS) is 11.1. The highest BCUT2D eigenvalue weighted by Gasteiger charge is 2.13. The van der Waals surface area contributed by atoms with Crippen molar-refractivity contribution >= 4 is 27.3 Å². The van der Waals surface area contributed by atoms with Gasteiger partial charge in [-0.1, -0.05) is 16.5 Å². The second kappa shape index (κ2) is 5.00. The second-order valence-corrected chi connectivity index (χ2v) is 5.27. The molecule has 1 N–H and O–H groups in total. The molecule has 0 aromatic carbocycles. The predicted molar refractivity (Wildman–Crippen MR) is 71.6 cm³/mol. The highest BCUT2D eigenvalue weighted by atomic mass is 32.1. The van der Waals surface area contributed by atoms with Crippen LogP contribution in [0.2, 0.25) is 0 Å². The molecule has 0 saturated heterocycles. The van der Waals surface area contributed by atoms with Crippen LogP contribution in [-0.4, -0.2) is 30.9 Å². The van der Waals surface area contributed by atoms with Crippen LogP contribution in [0.3, 0.4) is 0 Å². The lowest BCUT2D eigenvalue weighted by Crippen LogP contribution is -2.12. The highest BCUT2D eigenvalue weighted by Crippen LogP contribution is 2.18. The lowest BCUT2D eigenvalue weighted by atomic mass is 10.1. The van der Waals surface area contributed by atoms with Gasteiger partial charge in [-0.15, -0.1) is 15.3 Å². The fraction of sp³-hybridized carbons (Fsp3) is 0.364. The van der Waals surface area contributed by atoms with Crippen molar-refractivity contribution in [3.8, 4) is 0 Å². The molecule has 3 heterocycles. The number of hydrogen-bond acceptors (Lipinski definition) is 7. The van der Waals surface area contributed by atoms with Crippen LogP contribution in [0.5, 0.6) is 0 Å². The number of amides is 1. The Morgan fingerprint density at radius 3 is 3.05 bits per heavy atom. The van der Waals surface area contributed by atoms with Crippen molar-refractivity contribution in [2.45, 2.75) is 26.7 Å². The average molecular weight is 292 g/mol. The largest absolute Gasteiger partial charge is 0.361 e. The van der Waals surface area contributed by atoms with Gasteiger partial charge in [0.25, 0.3) is 0 Å². The Bertz CT molecular complexity index is 710. The van der Waals surface area contributed by atoms with E-state index in [1.165, 1.54) is 22.2 Å². The van der Waals surface area contributed by atoms with Crippen molar-refractivity contribution in [1.82, 2.24) is 25.0 Å². The van der Waals surface area contributed by atoms with Crippen LogP contribution < -0.4 is 5.32 Å². The summed E-state index contributed by atoms with van der Waals surface area (Å²) in [5.41, 5.74) is 1.81. The van der Waals surface area contributed by atoms with Crippen LogP contribution in [0.4, 0.5) is 5.13 Å². The third-order valence-corrected chi connectivity index (χ3v) is 3.74. The van der Waals surface area contributed by atoms with Crippen molar-refractivity contribution < 1.29 is 9.32 Å². The van der Waals surface area contributed by atoms with E-state index in [9.17, 15) is 4.79 Å². The molecule has 0 unspecified atom stereocenters. The Morgan fingerprint density at radius 2 is 2.35 bits per heavy atom. The van der Waals surface area contributed by atoms with Crippen LogP contribution in [0.25, 0.3) is 4.96 Å². The molecule has 0 saturated carbocycles. The summed E-state index contributed by atoms with van der Waals surface area (Å²) in [4.78, 5) is 12.5. The first-order chi connectivity index (χ1) is 9.63. The standard InChI is InChI=1S/C11H12N6O2S/c1-6-8(7(2)19-16-6)3-4-9(18)13-10-15-17-5-12-14-11(17)20-10/h5H,3-4H2,1-2H3,(H,13,15,18). The molecule has 3 aromatic heterocycles. The van der Waals surface area contributed by atoms with E-state index < -0.39 is 0 Å². The molecule has 20 heavy (non-hydrogen) atoms. The maximum absolute atomic E-state index is 11.9. The van der Waals surface area contributed by atoms with Gasteiger partial charge in [-0.05, 0) is 20.3 Å². The smallest absolute Gasteiger partial charge is 0.236 e. The molecule has 0 atom stereocenters. The molecule has 8 nitrogen and oxygen atoms in total. The van der Waals surface area contributed by atoms with E-state index >= 15 is 0 Å². The molecule has 3 rings (SSSR count). The maximum atomic E-state index is 11.9. The molecule has 9 heteroatoms. The molecule has 1 amide bonds. The minimum Gasteiger partial charge on any atom is -0.361 e. The number of hydrogen-bond donors (Lipinski definition) is 1. The van der Waals surface area contributed by atoms with E-state index in [-0.39, 0.29) is 5.91 Å². The van der Waals surface area contributed by atoms with E-state index in [1.54, 1.807) is 0 Å². The quantitative estimate of drug-likeness (QED) is 0.779. The monoisotopic (exact) mass is 292 g/mol. The summed E-state index contributed by atoms with van der Waals surface area (Å²) < 4.78 is 6.59. The fourth-order valence-electron chi connectivity index (χ4n) is 1.89.